The molecule has 3 nitrogen and oxygen atoms in total. The highest BCUT2D eigenvalue weighted by Crippen LogP contribution is 2.22. The first-order chi connectivity index (χ1) is 12.6. The number of nitrogens with one attached hydrogen (secondary N) is 2. The number of halogens is 1. The van der Waals surface area contributed by atoms with Gasteiger partial charge < -0.3 is 5.32 Å². The van der Waals surface area contributed by atoms with E-state index in [9.17, 15) is 4.79 Å². The van der Waals surface area contributed by atoms with Gasteiger partial charge in [0.05, 0.1) is 0 Å². The molecule has 132 valence electrons. The van der Waals surface area contributed by atoms with Crippen LogP contribution in [0, 0.1) is 6.92 Å². The Labute approximate surface area is 159 Å². The fourth-order valence-corrected chi connectivity index (χ4v) is 2.89. The molecule has 1 atom stereocenters. The van der Waals surface area contributed by atoms with Crippen molar-refractivity contribution in [2.75, 3.05) is 5.32 Å². The van der Waals surface area contributed by atoms with E-state index in [1.165, 1.54) is 0 Å². The van der Waals surface area contributed by atoms with Gasteiger partial charge in [0.2, 0.25) is 5.91 Å². The molecule has 0 saturated carbocycles. The lowest BCUT2D eigenvalue weighted by atomic mass is 10.1. The van der Waals surface area contributed by atoms with Crippen molar-refractivity contribution in [3.63, 3.8) is 0 Å². The van der Waals surface area contributed by atoms with E-state index in [2.05, 4.69) is 10.6 Å². The molecule has 3 aromatic carbocycles. The van der Waals surface area contributed by atoms with Crippen molar-refractivity contribution in [1.82, 2.24) is 5.32 Å². The van der Waals surface area contributed by atoms with Gasteiger partial charge in [-0.3, -0.25) is 10.1 Å². The van der Waals surface area contributed by atoms with Crippen LogP contribution in [0.1, 0.15) is 22.7 Å². The lowest BCUT2D eigenvalue weighted by Crippen LogP contribution is -2.32. The van der Waals surface area contributed by atoms with Gasteiger partial charge in [-0.15, -0.1) is 0 Å². The Kier molecular flexibility index (Phi) is 6.05. The van der Waals surface area contributed by atoms with Crippen molar-refractivity contribution >= 4 is 23.2 Å². The highest BCUT2D eigenvalue weighted by molar-refractivity contribution is 6.31. The summed E-state index contributed by atoms with van der Waals surface area (Å²) in [4.78, 5) is 12.9. The van der Waals surface area contributed by atoms with Crippen molar-refractivity contribution in [3.8, 4) is 0 Å². The van der Waals surface area contributed by atoms with Crippen LogP contribution >= 0.6 is 11.6 Å². The van der Waals surface area contributed by atoms with Gasteiger partial charge in [0.1, 0.15) is 6.04 Å². The monoisotopic (exact) mass is 364 g/mol. The van der Waals surface area contributed by atoms with Crippen LogP contribution in [-0.4, -0.2) is 5.91 Å². The molecule has 2 N–H and O–H groups in total. The zero-order valence-corrected chi connectivity index (χ0v) is 15.3. The van der Waals surface area contributed by atoms with E-state index in [0.29, 0.717) is 17.3 Å². The standard InChI is InChI=1S/C22H21ClN2O/c1-16-12-13-19(14-20(16)23)25-22(26)21(18-10-6-3-7-11-18)24-15-17-8-4-2-5-9-17/h2-14,21,24H,15H2,1H3,(H,25,26)/t21-/m1/s1. The van der Waals surface area contributed by atoms with Crippen molar-refractivity contribution in [3.05, 3.63) is 101 Å². The van der Waals surface area contributed by atoms with Crippen LogP contribution in [0.2, 0.25) is 5.02 Å². The fraction of sp³-hybridized carbons (Fsp3) is 0.136. The van der Waals surface area contributed by atoms with Crippen molar-refractivity contribution in [1.29, 1.82) is 0 Å². The highest BCUT2D eigenvalue weighted by Gasteiger charge is 2.20. The normalized spacial score (nSPS) is 11.8. The second-order valence-corrected chi connectivity index (χ2v) is 6.57. The van der Waals surface area contributed by atoms with Crippen LogP contribution in [-0.2, 0) is 11.3 Å². The maximum absolute atomic E-state index is 12.9. The number of amides is 1. The number of hydrogen-bond donors (Lipinski definition) is 2. The summed E-state index contributed by atoms with van der Waals surface area (Å²) >= 11 is 6.17. The zero-order chi connectivity index (χ0) is 18.4. The second kappa shape index (κ2) is 8.65. The lowest BCUT2D eigenvalue weighted by molar-refractivity contribution is -0.118. The van der Waals surface area contributed by atoms with E-state index >= 15 is 0 Å². The maximum Gasteiger partial charge on any atom is 0.246 e. The second-order valence-electron chi connectivity index (χ2n) is 6.16. The van der Waals surface area contributed by atoms with E-state index in [1.54, 1.807) is 6.07 Å². The third-order valence-electron chi connectivity index (χ3n) is 4.19. The Bertz CT molecular complexity index is 866. The van der Waals surface area contributed by atoms with Crippen molar-refractivity contribution in [2.45, 2.75) is 19.5 Å². The van der Waals surface area contributed by atoms with Gasteiger partial charge in [-0.2, -0.15) is 0 Å². The molecular formula is C22H21ClN2O. The summed E-state index contributed by atoms with van der Waals surface area (Å²) in [6.45, 7) is 2.53. The SMILES string of the molecule is Cc1ccc(NC(=O)[C@H](NCc2ccccc2)c2ccccc2)cc1Cl. The average molecular weight is 365 g/mol. The molecule has 0 radical (unpaired) electrons. The summed E-state index contributed by atoms with van der Waals surface area (Å²) in [7, 11) is 0. The average Bonchev–Trinajstić information content (AvgIpc) is 2.67. The summed E-state index contributed by atoms with van der Waals surface area (Å²) in [5.74, 6) is -0.118. The number of anilines is 1. The highest BCUT2D eigenvalue weighted by atomic mass is 35.5. The van der Waals surface area contributed by atoms with E-state index < -0.39 is 6.04 Å². The smallest absolute Gasteiger partial charge is 0.246 e. The molecule has 0 aliphatic rings. The van der Waals surface area contributed by atoms with Crippen LogP contribution in [0.3, 0.4) is 0 Å². The number of carbonyl (C=O) groups is 1. The van der Waals surface area contributed by atoms with Gasteiger partial charge in [-0.05, 0) is 35.7 Å². The first-order valence-corrected chi connectivity index (χ1v) is 8.90. The quantitative estimate of drug-likeness (QED) is 0.637. The molecule has 1 amide bonds. The molecular weight excluding hydrogens is 344 g/mol. The van der Waals surface area contributed by atoms with Crippen LogP contribution in [0.5, 0.6) is 0 Å². The molecule has 4 heteroatoms. The predicted molar refractivity (Wildman–Crippen MR) is 107 cm³/mol. The minimum absolute atomic E-state index is 0.118. The molecule has 0 saturated heterocycles. The summed E-state index contributed by atoms with van der Waals surface area (Å²) in [6, 6.07) is 24.8. The number of carbonyl (C=O) groups excluding carboxylic acids is 1. The van der Waals surface area contributed by atoms with Crippen LogP contribution in [0.4, 0.5) is 5.69 Å². The zero-order valence-electron chi connectivity index (χ0n) is 14.6. The lowest BCUT2D eigenvalue weighted by Gasteiger charge is -2.19. The topological polar surface area (TPSA) is 41.1 Å². The third-order valence-corrected chi connectivity index (χ3v) is 4.59. The summed E-state index contributed by atoms with van der Waals surface area (Å²) in [5, 5.41) is 6.95. The maximum atomic E-state index is 12.9. The van der Waals surface area contributed by atoms with E-state index in [4.69, 9.17) is 11.6 Å². The van der Waals surface area contributed by atoms with Crippen LogP contribution < -0.4 is 10.6 Å². The van der Waals surface area contributed by atoms with Gasteiger partial charge in [0.25, 0.3) is 0 Å². The molecule has 3 rings (SSSR count). The Morgan fingerprint density at radius 3 is 2.27 bits per heavy atom. The molecule has 0 unspecified atom stereocenters. The fourth-order valence-electron chi connectivity index (χ4n) is 2.71. The Balaban J connectivity index is 1.77. The summed E-state index contributed by atoms with van der Waals surface area (Å²) < 4.78 is 0. The van der Waals surface area contributed by atoms with Gasteiger partial charge >= 0.3 is 0 Å². The number of rotatable bonds is 6. The minimum Gasteiger partial charge on any atom is -0.324 e. The Hall–Kier alpha value is -2.62. The summed E-state index contributed by atoms with van der Waals surface area (Å²) in [6.07, 6.45) is 0. The van der Waals surface area contributed by atoms with Crippen LogP contribution in [0.15, 0.2) is 78.9 Å². The molecule has 26 heavy (non-hydrogen) atoms. The summed E-state index contributed by atoms with van der Waals surface area (Å²) in [5.41, 5.74) is 3.71. The largest absolute Gasteiger partial charge is 0.324 e. The Morgan fingerprint density at radius 1 is 0.962 bits per heavy atom. The van der Waals surface area contributed by atoms with E-state index in [-0.39, 0.29) is 5.91 Å². The molecule has 0 aliphatic carbocycles. The molecule has 3 aromatic rings. The third kappa shape index (κ3) is 4.72. The van der Waals surface area contributed by atoms with Crippen molar-refractivity contribution in [2.24, 2.45) is 0 Å². The van der Waals surface area contributed by atoms with Gasteiger partial charge in [0.15, 0.2) is 0 Å². The first-order valence-electron chi connectivity index (χ1n) is 8.53. The molecule has 0 aromatic heterocycles. The predicted octanol–water partition coefficient (Wildman–Crippen LogP) is 5.12. The Morgan fingerprint density at radius 2 is 1.62 bits per heavy atom. The molecule has 0 heterocycles. The van der Waals surface area contributed by atoms with E-state index in [1.807, 2.05) is 79.7 Å². The minimum atomic E-state index is -0.462. The number of benzene rings is 3. The van der Waals surface area contributed by atoms with E-state index in [0.717, 1.165) is 16.7 Å². The molecule has 0 fully saturated rings. The molecule has 0 aliphatic heterocycles. The molecule has 0 spiro atoms. The molecule has 0 bridgehead atoms. The number of aryl methyl sites for hydroxylation is 1. The van der Waals surface area contributed by atoms with Crippen molar-refractivity contribution < 1.29 is 4.79 Å². The van der Waals surface area contributed by atoms with Gasteiger partial charge in [-0.25, -0.2) is 0 Å². The van der Waals surface area contributed by atoms with Gasteiger partial charge in [-0.1, -0.05) is 78.3 Å². The van der Waals surface area contributed by atoms with Gasteiger partial charge in [0, 0.05) is 17.3 Å². The van der Waals surface area contributed by atoms with Crippen LogP contribution in [0.25, 0.3) is 0 Å². The first kappa shape index (κ1) is 18.2. The number of hydrogen-bond acceptors (Lipinski definition) is 2.